The van der Waals surface area contributed by atoms with E-state index in [1.54, 1.807) is 0 Å². The number of carboxylic acids is 2. The fraction of sp³-hybridized carbons (Fsp3) is 0.900. The highest BCUT2D eigenvalue weighted by molar-refractivity contribution is 6.01. The number of unbranched alkanes of at least 4 members (excludes halogenated alkanes) is 14. The SMILES string of the molecule is CCCCCCCCCCCCCCCCCC(O)(C(=O)O)C(=O)O. The molecule has 0 aliphatic rings. The van der Waals surface area contributed by atoms with Crippen LogP contribution in [-0.4, -0.2) is 32.9 Å². The maximum absolute atomic E-state index is 10.8. The fourth-order valence-electron chi connectivity index (χ4n) is 3.06. The smallest absolute Gasteiger partial charge is 0.347 e. The van der Waals surface area contributed by atoms with Gasteiger partial charge in [-0.25, -0.2) is 9.59 Å². The van der Waals surface area contributed by atoms with Gasteiger partial charge in [-0.05, 0) is 12.8 Å². The van der Waals surface area contributed by atoms with Crippen LogP contribution in [0.25, 0.3) is 0 Å². The molecule has 0 spiro atoms. The van der Waals surface area contributed by atoms with Gasteiger partial charge < -0.3 is 15.3 Å². The first-order valence-corrected chi connectivity index (χ1v) is 10.1. The zero-order chi connectivity index (χ0) is 19.0. The summed E-state index contributed by atoms with van der Waals surface area (Å²) in [5, 5.41) is 27.1. The predicted octanol–water partition coefficient (Wildman–Crippen LogP) is 5.15. The molecule has 0 fully saturated rings. The number of rotatable bonds is 18. The normalized spacial score (nSPS) is 11.6. The first-order valence-electron chi connectivity index (χ1n) is 10.1. The van der Waals surface area contributed by atoms with Gasteiger partial charge in [0.15, 0.2) is 0 Å². The van der Waals surface area contributed by atoms with E-state index < -0.39 is 17.5 Å². The quantitative estimate of drug-likeness (QED) is 0.233. The minimum atomic E-state index is -2.63. The summed E-state index contributed by atoms with van der Waals surface area (Å²) in [6.45, 7) is 2.24. The van der Waals surface area contributed by atoms with Crippen molar-refractivity contribution in [1.29, 1.82) is 0 Å². The summed E-state index contributed by atoms with van der Waals surface area (Å²) in [6, 6.07) is 0. The Hall–Kier alpha value is -1.10. The van der Waals surface area contributed by atoms with Gasteiger partial charge in [-0.3, -0.25) is 0 Å². The van der Waals surface area contributed by atoms with E-state index in [0.717, 1.165) is 19.3 Å². The second-order valence-corrected chi connectivity index (χ2v) is 7.17. The van der Waals surface area contributed by atoms with Gasteiger partial charge in [-0.1, -0.05) is 96.8 Å². The molecule has 148 valence electrons. The van der Waals surface area contributed by atoms with Crippen LogP contribution in [-0.2, 0) is 9.59 Å². The van der Waals surface area contributed by atoms with E-state index in [0.29, 0.717) is 6.42 Å². The topological polar surface area (TPSA) is 94.8 Å². The number of aliphatic hydroxyl groups is 1. The summed E-state index contributed by atoms with van der Waals surface area (Å²) >= 11 is 0. The molecule has 0 heterocycles. The third-order valence-electron chi connectivity index (χ3n) is 4.85. The van der Waals surface area contributed by atoms with Crippen molar-refractivity contribution in [3.8, 4) is 0 Å². The standard InChI is InChI=1S/C20H38O5/c1-2-3-4-5-6-7-8-9-10-11-12-13-14-15-16-17-20(25,18(21)22)19(23)24/h25H,2-17H2,1H3,(H,21,22)(H,23,24). The van der Waals surface area contributed by atoms with Gasteiger partial charge in [0.2, 0.25) is 0 Å². The van der Waals surface area contributed by atoms with Crippen LogP contribution in [0.5, 0.6) is 0 Å². The van der Waals surface area contributed by atoms with Gasteiger partial charge in [-0.2, -0.15) is 0 Å². The van der Waals surface area contributed by atoms with Gasteiger partial charge in [0, 0.05) is 0 Å². The van der Waals surface area contributed by atoms with Crippen molar-refractivity contribution >= 4 is 11.9 Å². The Morgan fingerprint density at radius 2 is 0.880 bits per heavy atom. The molecule has 0 aliphatic carbocycles. The molecule has 0 atom stereocenters. The Morgan fingerprint density at radius 3 is 1.16 bits per heavy atom. The van der Waals surface area contributed by atoms with Gasteiger partial charge in [0.1, 0.15) is 0 Å². The molecular weight excluding hydrogens is 320 g/mol. The Labute approximate surface area is 152 Å². The molecule has 0 aromatic heterocycles. The van der Waals surface area contributed by atoms with Crippen LogP contribution in [0, 0.1) is 0 Å². The van der Waals surface area contributed by atoms with E-state index in [4.69, 9.17) is 10.2 Å². The highest BCUT2D eigenvalue weighted by Crippen LogP contribution is 2.18. The summed E-state index contributed by atoms with van der Waals surface area (Å²) in [5.41, 5.74) is -2.63. The van der Waals surface area contributed by atoms with Crippen LogP contribution in [0.2, 0.25) is 0 Å². The molecule has 0 amide bonds. The highest BCUT2D eigenvalue weighted by atomic mass is 16.4. The largest absolute Gasteiger partial charge is 0.479 e. The van der Waals surface area contributed by atoms with Gasteiger partial charge >= 0.3 is 11.9 Å². The molecule has 0 radical (unpaired) electrons. The first-order chi connectivity index (χ1) is 11.9. The monoisotopic (exact) mass is 358 g/mol. The molecule has 0 aliphatic heterocycles. The summed E-state index contributed by atoms with van der Waals surface area (Å²) in [4.78, 5) is 21.6. The lowest BCUT2D eigenvalue weighted by molar-refractivity contribution is -0.176. The van der Waals surface area contributed by atoms with Gasteiger partial charge in [-0.15, -0.1) is 0 Å². The molecule has 5 nitrogen and oxygen atoms in total. The van der Waals surface area contributed by atoms with Crippen LogP contribution in [0.4, 0.5) is 0 Å². The van der Waals surface area contributed by atoms with Gasteiger partial charge in [0.25, 0.3) is 5.60 Å². The van der Waals surface area contributed by atoms with E-state index in [9.17, 15) is 14.7 Å². The van der Waals surface area contributed by atoms with Gasteiger partial charge in [0.05, 0.1) is 0 Å². The number of carboxylic acid groups (broad SMARTS) is 2. The maximum atomic E-state index is 10.8. The molecule has 0 aromatic carbocycles. The molecule has 0 bridgehead atoms. The lowest BCUT2D eigenvalue weighted by Gasteiger charge is -2.17. The minimum absolute atomic E-state index is 0.226. The molecular formula is C20H38O5. The zero-order valence-corrected chi connectivity index (χ0v) is 16.0. The Balaban J connectivity index is 3.37. The lowest BCUT2D eigenvalue weighted by Crippen LogP contribution is -2.46. The van der Waals surface area contributed by atoms with E-state index in [-0.39, 0.29) is 6.42 Å². The van der Waals surface area contributed by atoms with E-state index in [1.165, 1.54) is 70.6 Å². The van der Waals surface area contributed by atoms with Crippen LogP contribution in [0.1, 0.15) is 110 Å². The third kappa shape index (κ3) is 12.0. The highest BCUT2D eigenvalue weighted by Gasteiger charge is 2.43. The van der Waals surface area contributed by atoms with Crippen molar-refractivity contribution in [3.63, 3.8) is 0 Å². The molecule has 0 aromatic rings. The van der Waals surface area contributed by atoms with Crippen molar-refractivity contribution in [2.24, 2.45) is 0 Å². The summed E-state index contributed by atoms with van der Waals surface area (Å²) in [7, 11) is 0. The number of carbonyl (C=O) groups is 2. The Bertz CT molecular complexity index is 340. The third-order valence-corrected chi connectivity index (χ3v) is 4.85. The molecule has 0 saturated heterocycles. The molecule has 5 heteroatoms. The second-order valence-electron chi connectivity index (χ2n) is 7.17. The van der Waals surface area contributed by atoms with E-state index >= 15 is 0 Å². The van der Waals surface area contributed by atoms with Crippen molar-refractivity contribution in [2.75, 3.05) is 0 Å². The molecule has 0 rings (SSSR count). The van der Waals surface area contributed by atoms with Crippen molar-refractivity contribution in [2.45, 2.75) is 115 Å². The predicted molar refractivity (Wildman–Crippen MR) is 99.8 cm³/mol. The van der Waals surface area contributed by atoms with E-state index in [1.807, 2.05) is 0 Å². The number of hydrogen-bond donors (Lipinski definition) is 3. The fourth-order valence-corrected chi connectivity index (χ4v) is 3.06. The molecule has 0 unspecified atom stereocenters. The van der Waals surface area contributed by atoms with Crippen molar-refractivity contribution in [1.82, 2.24) is 0 Å². The zero-order valence-electron chi connectivity index (χ0n) is 16.0. The lowest BCUT2D eigenvalue weighted by atomic mass is 9.95. The van der Waals surface area contributed by atoms with E-state index in [2.05, 4.69) is 6.92 Å². The maximum Gasteiger partial charge on any atom is 0.347 e. The summed E-state index contributed by atoms with van der Waals surface area (Å²) < 4.78 is 0. The van der Waals surface area contributed by atoms with Crippen LogP contribution >= 0.6 is 0 Å². The van der Waals surface area contributed by atoms with Crippen molar-refractivity contribution < 1.29 is 24.9 Å². The van der Waals surface area contributed by atoms with Crippen molar-refractivity contribution in [3.05, 3.63) is 0 Å². The molecule has 3 N–H and O–H groups in total. The summed E-state index contributed by atoms with van der Waals surface area (Å²) in [5.74, 6) is -3.35. The average molecular weight is 359 g/mol. The first kappa shape index (κ1) is 23.9. The molecule has 0 saturated carbocycles. The van der Waals surface area contributed by atoms with Crippen LogP contribution < -0.4 is 0 Å². The minimum Gasteiger partial charge on any atom is -0.479 e. The number of aliphatic carboxylic acids is 2. The van der Waals surface area contributed by atoms with Crippen LogP contribution in [0.15, 0.2) is 0 Å². The summed E-state index contributed by atoms with van der Waals surface area (Å²) in [6.07, 6.45) is 17.6. The molecule has 25 heavy (non-hydrogen) atoms. The second kappa shape index (κ2) is 15.2. The Kier molecular flexibility index (Phi) is 14.5. The number of hydrogen-bond acceptors (Lipinski definition) is 3. The van der Waals surface area contributed by atoms with Crippen LogP contribution in [0.3, 0.4) is 0 Å². The Morgan fingerprint density at radius 1 is 0.600 bits per heavy atom. The average Bonchev–Trinajstić information content (AvgIpc) is 2.57.